The van der Waals surface area contributed by atoms with Crippen molar-refractivity contribution in [2.24, 2.45) is 0 Å². The van der Waals surface area contributed by atoms with Gasteiger partial charge in [0.15, 0.2) is 0 Å². The number of fused-ring (bicyclic) bond motifs is 1. The first-order valence-corrected chi connectivity index (χ1v) is 11.1. The molecule has 2 aromatic heterocycles. The largest absolute Gasteiger partial charge is 0.353 e. The molecule has 3 aromatic rings. The van der Waals surface area contributed by atoms with Crippen LogP contribution < -0.4 is 10.9 Å². The Hall–Kier alpha value is -2.51. The Morgan fingerprint density at radius 1 is 1.10 bits per heavy atom. The molecule has 1 atom stereocenters. The molecule has 152 valence electrons. The van der Waals surface area contributed by atoms with Crippen molar-refractivity contribution < 1.29 is 4.79 Å². The normalized spacial score (nSPS) is 16.4. The van der Waals surface area contributed by atoms with Crippen molar-refractivity contribution in [3.63, 3.8) is 0 Å². The van der Waals surface area contributed by atoms with Crippen LogP contribution in [0.5, 0.6) is 0 Å². The van der Waals surface area contributed by atoms with Gasteiger partial charge in [0.1, 0.15) is 11.2 Å². The highest BCUT2D eigenvalue weighted by Gasteiger charge is 2.22. The first-order chi connectivity index (χ1) is 14.2. The summed E-state index contributed by atoms with van der Waals surface area (Å²) in [5.74, 6) is -0.166. The fraction of sp³-hybridized carbons (Fsp3) is 0.409. The molecular weight excluding hydrogens is 384 g/mol. The Morgan fingerprint density at radius 3 is 2.62 bits per heavy atom. The number of hydrogen-bond acceptors (Lipinski definition) is 5. The number of aromatic nitrogens is 2. The number of thiophene rings is 1. The predicted molar refractivity (Wildman–Crippen MR) is 116 cm³/mol. The zero-order chi connectivity index (χ0) is 20.1. The minimum atomic E-state index is -0.166. The Balaban J connectivity index is 1.45. The van der Waals surface area contributed by atoms with Crippen molar-refractivity contribution >= 4 is 27.5 Å². The standard InChI is InChI=1S/C22H26N4O2S/c27-20(15-26-16-24-18-10-13-29-21(18)22(26)28)23-14-19(17-8-4-3-5-9-17)25-11-6-1-2-7-12-25/h3-5,8-10,13,16,19H,1-2,6-7,11-12,14-15H2,(H,23,27)/t19-/m1/s1. The molecular formula is C22H26N4O2S. The highest BCUT2D eigenvalue weighted by atomic mass is 32.1. The SMILES string of the molecule is O=C(Cn1cnc2ccsc2c1=O)NC[C@H](c1ccccc1)N1CCCCCC1. The van der Waals surface area contributed by atoms with Gasteiger partial charge in [-0.05, 0) is 42.9 Å². The number of hydrogen-bond donors (Lipinski definition) is 1. The van der Waals surface area contributed by atoms with Crippen molar-refractivity contribution in [1.29, 1.82) is 0 Å². The van der Waals surface area contributed by atoms with Crippen LogP contribution in [0.2, 0.25) is 0 Å². The Morgan fingerprint density at radius 2 is 1.86 bits per heavy atom. The maximum Gasteiger partial charge on any atom is 0.271 e. The van der Waals surface area contributed by atoms with Crippen LogP contribution >= 0.6 is 11.3 Å². The number of amides is 1. The molecule has 7 heteroatoms. The fourth-order valence-corrected chi connectivity index (χ4v) is 4.75. The summed E-state index contributed by atoms with van der Waals surface area (Å²) in [6.07, 6.45) is 6.38. The fourth-order valence-electron chi connectivity index (χ4n) is 3.95. The number of likely N-dealkylation sites (tertiary alicyclic amines) is 1. The lowest BCUT2D eigenvalue weighted by Gasteiger charge is -2.31. The molecule has 6 nitrogen and oxygen atoms in total. The Labute approximate surface area is 174 Å². The molecule has 4 rings (SSSR count). The first-order valence-electron chi connectivity index (χ1n) is 10.2. The van der Waals surface area contributed by atoms with Gasteiger partial charge in [-0.3, -0.25) is 19.1 Å². The highest BCUT2D eigenvalue weighted by Crippen LogP contribution is 2.23. The second-order valence-corrected chi connectivity index (χ2v) is 8.41. The van der Waals surface area contributed by atoms with E-state index in [9.17, 15) is 9.59 Å². The maximum absolute atomic E-state index is 12.6. The van der Waals surface area contributed by atoms with Crippen molar-refractivity contribution in [1.82, 2.24) is 19.8 Å². The van der Waals surface area contributed by atoms with Crippen LogP contribution in [-0.2, 0) is 11.3 Å². The molecule has 0 saturated carbocycles. The van der Waals surface area contributed by atoms with Crippen LogP contribution in [0.25, 0.3) is 10.2 Å². The van der Waals surface area contributed by atoms with E-state index in [0.717, 1.165) is 13.1 Å². The summed E-state index contributed by atoms with van der Waals surface area (Å²) in [5.41, 5.74) is 1.74. The Bertz CT molecular complexity index is 1010. The quantitative estimate of drug-likeness (QED) is 0.678. The average molecular weight is 411 g/mol. The Kier molecular flexibility index (Phi) is 6.36. The number of nitrogens with zero attached hydrogens (tertiary/aromatic N) is 3. The zero-order valence-corrected chi connectivity index (χ0v) is 17.2. The van der Waals surface area contributed by atoms with Gasteiger partial charge in [0, 0.05) is 6.54 Å². The summed E-state index contributed by atoms with van der Waals surface area (Å²) in [5, 5.41) is 4.89. The van der Waals surface area contributed by atoms with Gasteiger partial charge in [-0.1, -0.05) is 43.2 Å². The van der Waals surface area contributed by atoms with Gasteiger partial charge in [0.2, 0.25) is 5.91 Å². The molecule has 1 fully saturated rings. The molecule has 29 heavy (non-hydrogen) atoms. The number of benzene rings is 1. The molecule has 0 spiro atoms. The van der Waals surface area contributed by atoms with Gasteiger partial charge in [-0.2, -0.15) is 0 Å². The molecule has 0 unspecified atom stereocenters. The minimum Gasteiger partial charge on any atom is -0.353 e. The second-order valence-electron chi connectivity index (χ2n) is 7.49. The molecule has 0 bridgehead atoms. The zero-order valence-electron chi connectivity index (χ0n) is 16.4. The van der Waals surface area contributed by atoms with E-state index in [1.54, 1.807) is 0 Å². The molecule has 1 aliphatic rings. The van der Waals surface area contributed by atoms with Crippen LogP contribution in [0.4, 0.5) is 0 Å². The van der Waals surface area contributed by atoms with E-state index >= 15 is 0 Å². The van der Waals surface area contributed by atoms with Crippen LogP contribution in [-0.4, -0.2) is 40.0 Å². The lowest BCUT2D eigenvalue weighted by atomic mass is 10.0. The number of nitrogens with one attached hydrogen (secondary N) is 1. The van der Waals surface area contributed by atoms with E-state index in [4.69, 9.17) is 0 Å². The molecule has 1 amide bonds. The third-order valence-electron chi connectivity index (χ3n) is 5.51. The molecule has 1 N–H and O–H groups in total. The van der Waals surface area contributed by atoms with E-state index in [2.05, 4.69) is 27.3 Å². The lowest BCUT2D eigenvalue weighted by Crippen LogP contribution is -2.40. The third-order valence-corrected chi connectivity index (χ3v) is 6.40. The van der Waals surface area contributed by atoms with E-state index in [1.807, 2.05) is 29.6 Å². The summed E-state index contributed by atoms with van der Waals surface area (Å²) in [4.78, 5) is 31.9. The summed E-state index contributed by atoms with van der Waals surface area (Å²) in [6.45, 7) is 2.62. The third kappa shape index (κ3) is 4.74. The smallest absolute Gasteiger partial charge is 0.271 e. The maximum atomic E-state index is 12.6. The molecule has 3 heterocycles. The monoisotopic (exact) mass is 410 g/mol. The van der Waals surface area contributed by atoms with Crippen molar-refractivity contribution in [3.05, 3.63) is 64.0 Å². The van der Waals surface area contributed by atoms with Crippen LogP contribution in [0.1, 0.15) is 37.3 Å². The van der Waals surface area contributed by atoms with Gasteiger partial charge < -0.3 is 5.32 Å². The summed E-state index contributed by atoms with van der Waals surface area (Å²) in [7, 11) is 0. The van der Waals surface area contributed by atoms with E-state index in [0.29, 0.717) is 16.8 Å². The minimum absolute atomic E-state index is 0.0127. The average Bonchev–Trinajstić information content (AvgIpc) is 3.07. The van der Waals surface area contributed by atoms with Gasteiger partial charge in [0.25, 0.3) is 5.56 Å². The number of rotatable bonds is 6. The van der Waals surface area contributed by atoms with Crippen molar-refractivity contribution in [3.8, 4) is 0 Å². The molecule has 0 radical (unpaired) electrons. The topological polar surface area (TPSA) is 67.2 Å². The molecule has 1 saturated heterocycles. The van der Waals surface area contributed by atoms with E-state index in [-0.39, 0.29) is 24.1 Å². The van der Waals surface area contributed by atoms with Gasteiger partial charge >= 0.3 is 0 Å². The van der Waals surface area contributed by atoms with Gasteiger partial charge in [-0.25, -0.2) is 4.98 Å². The summed E-state index contributed by atoms with van der Waals surface area (Å²) < 4.78 is 1.98. The van der Waals surface area contributed by atoms with Crippen LogP contribution in [0.3, 0.4) is 0 Å². The lowest BCUT2D eigenvalue weighted by molar-refractivity contribution is -0.122. The van der Waals surface area contributed by atoms with Crippen molar-refractivity contribution in [2.45, 2.75) is 38.3 Å². The van der Waals surface area contributed by atoms with E-state index in [1.165, 1.54) is 53.5 Å². The second kappa shape index (κ2) is 9.33. The van der Waals surface area contributed by atoms with Gasteiger partial charge in [-0.15, -0.1) is 11.3 Å². The summed E-state index contributed by atoms with van der Waals surface area (Å²) >= 11 is 1.36. The van der Waals surface area contributed by atoms with E-state index < -0.39 is 0 Å². The molecule has 1 aromatic carbocycles. The predicted octanol–water partition coefficient (Wildman–Crippen LogP) is 3.19. The number of carbonyl (C=O) groups is 1. The summed E-state index contributed by atoms with van der Waals surface area (Å²) in [6, 6.07) is 12.3. The highest BCUT2D eigenvalue weighted by molar-refractivity contribution is 7.17. The van der Waals surface area contributed by atoms with Crippen LogP contribution in [0.15, 0.2) is 52.9 Å². The number of carbonyl (C=O) groups excluding carboxylic acids is 1. The van der Waals surface area contributed by atoms with Crippen LogP contribution in [0, 0.1) is 0 Å². The van der Waals surface area contributed by atoms with Crippen molar-refractivity contribution in [2.75, 3.05) is 19.6 Å². The molecule has 0 aliphatic carbocycles. The molecule has 1 aliphatic heterocycles. The first kappa shape index (κ1) is 19.8. The van der Waals surface area contributed by atoms with Gasteiger partial charge in [0.05, 0.1) is 17.9 Å².